The SMILES string of the molecule is CCCC[C@H]1C(=O)N(C)[C@@H](CCCC)C(=O)N[C@@H](CC(C)C)C(=O)N[C@H](C(N)=O)CNCC(=O)N[C@@H](Cc2ccc(O)cc2)C(=O)N2CCCC[C@H]2C(=O)N[C@@H](CC(=O)O)C(=O)N2CCC[C@H]2C(=O)N[C@@H](CCC(N)=O)C(=O)NC(CC(C)C)C(=O)N2C[C@H](O)C[C@H]2C(=O)N[C@@H](Cc2c[nH]c3ccccc23)C(=O)N[C@@H](CC(N)=O)C(=O)N[C@@H](Cc2cn(CC(=O)O)c3ccccc23)C(=O)N1C. The lowest BCUT2D eigenvalue weighted by Crippen LogP contribution is -2.61. The van der Waals surface area contributed by atoms with Gasteiger partial charge < -0.3 is 125 Å². The molecule has 4 aliphatic rings. The molecule has 6 heterocycles. The Hall–Kier alpha value is -13.6. The van der Waals surface area contributed by atoms with Gasteiger partial charge in [-0.1, -0.05) is 116 Å². The molecule has 17 amide bonds. The number of phenolic OH excluding ortho intramolecular Hbond substituents is 1. The molecule has 43 nitrogen and oxygen atoms in total. The molecule has 136 heavy (non-hydrogen) atoms. The lowest BCUT2D eigenvalue weighted by atomic mass is 9.97. The van der Waals surface area contributed by atoms with Crippen molar-refractivity contribution in [2.24, 2.45) is 29.0 Å². The van der Waals surface area contributed by atoms with Crippen molar-refractivity contribution in [2.75, 3.05) is 46.8 Å². The molecule has 4 aliphatic heterocycles. The standard InChI is InChI=1S/C93H130N20O23/c1-9-11-23-70-85(128)102-61(36-50(3)4)82(125)107-68(80(96)123)45-97-46-77(118)99-65(38-52-28-30-55(114)31-29-52)90(133)111-34-18-17-26-71(111)87(130)106-67(43-78(119)120)91(134)112-35-19-27-72(112)86(129)100-60(32-33-75(94)116)81(124)104-64(37-51(5)6)92(135)113-48-56(115)41-74(113)88(131)103-62(39-53-44-98-59-22-15-13-20-57(53)59)83(126)101-63(42-76(95)117)84(127)105-66(89(132)109(8)73(24-12-10-2)93(136)108(70)7)40-54-47-110(49-79(121)122)69-25-16-14-21-58(54)69/h13-16,20-22,25,28-31,44,47,50-51,56,60-68,70-74,97-98,114-115H,9-12,17-19,23-24,26-27,32-43,45-46,48-49H2,1-8H3,(H2,94,116)(H2,95,117)(H2,96,123)(H,99,118)(H,100,129)(H,101,126)(H,102,128)(H,103,131)(H,104,124)(H,105,127)(H,106,130)(H,107,125)(H,119,120)(H,121,122)/t56-,60+,61+,62+,63+,64?,65+,66+,67+,68+,70+,71+,72+,73+,74+/m1/s1. The summed E-state index contributed by atoms with van der Waals surface area (Å²) in [6.07, 6.45) is -1.12. The van der Waals surface area contributed by atoms with Gasteiger partial charge in [0.05, 0.1) is 25.5 Å². The first-order valence-electron chi connectivity index (χ1n) is 46.3. The first kappa shape index (κ1) is 106. The molecule has 0 bridgehead atoms. The van der Waals surface area contributed by atoms with Crippen molar-refractivity contribution in [3.63, 3.8) is 0 Å². The molecule has 0 spiro atoms. The number of hydrogen-bond donors (Lipinski definition) is 18. The van der Waals surface area contributed by atoms with Gasteiger partial charge in [-0.25, -0.2) is 0 Å². The topological polar surface area (TPSA) is 641 Å². The number of nitrogens with two attached hydrogens (primary N) is 3. The number of unbranched alkanes of at least 4 members (excludes halogenated alkanes) is 2. The molecule has 2 aromatic heterocycles. The molecule has 0 aliphatic carbocycles. The summed E-state index contributed by atoms with van der Waals surface area (Å²) in [4.78, 5) is 285. The molecule has 5 aromatic rings. The maximum Gasteiger partial charge on any atom is 0.323 e. The number of carbonyl (C=O) groups excluding carboxylic acids is 17. The second-order valence-electron chi connectivity index (χ2n) is 36.3. The number of nitrogens with zero attached hydrogens (tertiary/aromatic N) is 6. The van der Waals surface area contributed by atoms with Crippen LogP contribution in [0.2, 0.25) is 0 Å². The van der Waals surface area contributed by atoms with Crippen LogP contribution in [0.4, 0.5) is 0 Å². The molecular formula is C93H130N20O23. The van der Waals surface area contributed by atoms with Gasteiger partial charge in [0.25, 0.3) is 0 Å². The van der Waals surface area contributed by atoms with Crippen LogP contribution in [-0.4, -0.2) is 304 Å². The molecule has 4 saturated heterocycles. The number of likely N-dealkylation sites (N-methyl/N-ethyl adjacent to an activating group) is 2. The second-order valence-corrected chi connectivity index (χ2v) is 36.3. The summed E-state index contributed by atoms with van der Waals surface area (Å²) in [5, 5.41) is 69.6. The molecule has 1 unspecified atom stereocenters. The van der Waals surface area contributed by atoms with E-state index in [0.29, 0.717) is 70.6 Å². The average molecular weight is 1900 g/mol. The molecule has 740 valence electrons. The monoisotopic (exact) mass is 1890 g/mol. The molecule has 3 aromatic carbocycles. The number of aromatic amines is 1. The first-order chi connectivity index (χ1) is 64.6. The largest absolute Gasteiger partial charge is 0.508 e. The van der Waals surface area contributed by atoms with Crippen LogP contribution in [0.15, 0.2) is 85.2 Å². The lowest BCUT2D eigenvalue weighted by Gasteiger charge is -2.38. The highest BCUT2D eigenvalue weighted by atomic mass is 16.4. The summed E-state index contributed by atoms with van der Waals surface area (Å²) in [6, 6.07) is -3.55. The van der Waals surface area contributed by atoms with Gasteiger partial charge >= 0.3 is 11.9 Å². The lowest BCUT2D eigenvalue weighted by molar-refractivity contribution is -0.149. The number of aromatic hydroxyl groups is 1. The number of nitrogens with one attached hydrogen (secondary N) is 11. The van der Waals surface area contributed by atoms with Crippen molar-refractivity contribution in [3.8, 4) is 5.75 Å². The number of aliphatic hydroxyl groups excluding tert-OH is 1. The van der Waals surface area contributed by atoms with Crippen molar-refractivity contribution >= 4 is 134 Å². The number of aliphatic hydroxyl groups is 1. The van der Waals surface area contributed by atoms with E-state index in [4.69, 9.17) is 17.2 Å². The zero-order valence-corrected chi connectivity index (χ0v) is 78.0. The van der Waals surface area contributed by atoms with Gasteiger partial charge in [-0.2, -0.15) is 0 Å². The highest BCUT2D eigenvalue weighted by Crippen LogP contribution is 2.30. The molecule has 4 fully saturated rings. The van der Waals surface area contributed by atoms with Crippen molar-refractivity contribution in [2.45, 2.75) is 274 Å². The van der Waals surface area contributed by atoms with Crippen LogP contribution >= 0.6 is 0 Å². The number of carbonyl (C=O) groups is 19. The van der Waals surface area contributed by atoms with Gasteiger partial charge in [0.1, 0.15) is 96.9 Å². The van der Waals surface area contributed by atoms with Crippen molar-refractivity contribution in [1.82, 2.24) is 87.2 Å². The fourth-order valence-electron chi connectivity index (χ4n) is 17.9. The number of amides is 17. The van der Waals surface area contributed by atoms with E-state index in [1.54, 1.807) is 82.4 Å². The third-order valence-electron chi connectivity index (χ3n) is 24.9. The summed E-state index contributed by atoms with van der Waals surface area (Å²) >= 11 is 0. The molecule has 0 saturated carbocycles. The highest BCUT2D eigenvalue weighted by Gasteiger charge is 2.48. The number of hydrogen-bond acceptors (Lipinski definition) is 22. The first-order valence-corrected chi connectivity index (χ1v) is 46.3. The van der Waals surface area contributed by atoms with Crippen LogP contribution in [0.25, 0.3) is 21.8 Å². The molecule has 43 heteroatoms. The Morgan fingerprint density at radius 3 is 1.63 bits per heavy atom. The Morgan fingerprint density at radius 2 is 1.00 bits per heavy atom. The Labute approximate surface area is 786 Å². The van der Waals surface area contributed by atoms with Crippen LogP contribution in [0, 0.1) is 11.8 Å². The molecule has 15 atom stereocenters. The number of primary amides is 3. The smallest absolute Gasteiger partial charge is 0.323 e. The zero-order valence-electron chi connectivity index (χ0n) is 78.0. The van der Waals surface area contributed by atoms with Crippen molar-refractivity contribution in [1.29, 1.82) is 0 Å². The van der Waals surface area contributed by atoms with Gasteiger partial charge in [0.15, 0.2) is 0 Å². The summed E-state index contributed by atoms with van der Waals surface area (Å²) in [5.74, 6) is -20.6. The van der Waals surface area contributed by atoms with Crippen LogP contribution in [0.3, 0.4) is 0 Å². The zero-order chi connectivity index (χ0) is 99.6. The number of carboxylic acid groups (broad SMARTS) is 2. The number of piperidine rings is 1. The Morgan fingerprint density at radius 1 is 0.478 bits per heavy atom. The van der Waals surface area contributed by atoms with E-state index in [1.807, 2.05) is 13.8 Å². The van der Waals surface area contributed by atoms with Crippen LogP contribution < -0.4 is 70.4 Å². The van der Waals surface area contributed by atoms with E-state index in [0.717, 1.165) is 19.6 Å². The van der Waals surface area contributed by atoms with Crippen LogP contribution in [0.1, 0.15) is 174 Å². The van der Waals surface area contributed by atoms with Gasteiger partial charge in [0, 0.05) is 107 Å². The van der Waals surface area contributed by atoms with Crippen LogP contribution in [0.5, 0.6) is 5.75 Å². The predicted molar refractivity (Wildman–Crippen MR) is 492 cm³/mol. The number of para-hydroxylation sites is 2. The van der Waals surface area contributed by atoms with Gasteiger partial charge in [-0.15, -0.1) is 0 Å². The Kier molecular flexibility index (Phi) is 38.7. The van der Waals surface area contributed by atoms with E-state index >= 15 is 38.4 Å². The fourth-order valence-corrected chi connectivity index (χ4v) is 17.9. The van der Waals surface area contributed by atoms with Crippen molar-refractivity contribution < 1.29 is 112 Å². The summed E-state index contributed by atoms with van der Waals surface area (Å²) in [5.41, 5.74) is 19.5. The third kappa shape index (κ3) is 29.0. The predicted octanol–water partition coefficient (Wildman–Crippen LogP) is -1.53. The number of H-pyrrole nitrogens is 1. The minimum Gasteiger partial charge on any atom is -0.508 e. The number of rotatable bonds is 26. The van der Waals surface area contributed by atoms with Gasteiger partial charge in [-0.3, -0.25) is 91.1 Å². The number of aliphatic carboxylic acids is 2. The minimum atomic E-state index is -2.00. The summed E-state index contributed by atoms with van der Waals surface area (Å²) < 4.78 is 1.40. The minimum absolute atomic E-state index is 0.00745. The second kappa shape index (κ2) is 49.6. The van der Waals surface area contributed by atoms with E-state index in [-0.39, 0.29) is 89.0 Å². The van der Waals surface area contributed by atoms with Gasteiger partial charge in [-0.05, 0) is 117 Å². The molecule has 9 rings (SSSR count). The van der Waals surface area contributed by atoms with E-state index in [2.05, 4.69) is 58.2 Å². The Bertz CT molecular complexity index is 5190. The van der Waals surface area contributed by atoms with E-state index in [1.165, 1.54) is 54.0 Å². The summed E-state index contributed by atoms with van der Waals surface area (Å²) in [6.45, 7) is 7.97. The quantitative estimate of drug-likeness (QED) is 0.0299. The highest BCUT2D eigenvalue weighted by molar-refractivity contribution is 6.03. The maximum atomic E-state index is 15.9. The molecule has 0 radical (unpaired) electrons. The Balaban J connectivity index is 1.12. The number of fused-ring (bicyclic) bond motifs is 5. The number of aromatic nitrogens is 2. The average Bonchev–Trinajstić information content (AvgIpc) is 1.64. The number of phenols is 1. The number of carboxylic acids is 2. The van der Waals surface area contributed by atoms with Crippen LogP contribution in [-0.2, 0) is 117 Å². The van der Waals surface area contributed by atoms with E-state index < -0.39 is 274 Å². The van der Waals surface area contributed by atoms with Crippen molar-refractivity contribution in [3.05, 3.63) is 102 Å². The van der Waals surface area contributed by atoms with E-state index in [9.17, 15) is 73.2 Å². The molecule has 21 N–H and O–H groups in total. The summed E-state index contributed by atoms with van der Waals surface area (Å²) in [7, 11) is 2.63. The normalized spacial score (nSPS) is 25.2. The number of benzene rings is 3. The fraction of sp³-hybridized carbons (Fsp3) is 0.559. The van der Waals surface area contributed by atoms with Gasteiger partial charge in [0.2, 0.25) is 100 Å². The molecular weight excluding hydrogens is 1770 g/mol. The third-order valence-corrected chi connectivity index (χ3v) is 24.9. The maximum absolute atomic E-state index is 15.9.